The highest BCUT2D eigenvalue weighted by Crippen LogP contribution is 2.35. The van der Waals surface area contributed by atoms with Crippen molar-refractivity contribution < 1.29 is 9.72 Å². The van der Waals surface area contributed by atoms with Gasteiger partial charge < -0.3 is 4.90 Å². The Morgan fingerprint density at radius 2 is 1.95 bits per heavy atom. The van der Waals surface area contributed by atoms with Gasteiger partial charge in [-0.15, -0.1) is 0 Å². The molecule has 0 unspecified atom stereocenters. The zero-order valence-corrected chi connectivity index (χ0v) is 13.7. The van der Waals surface area contributed by atoms with E-state index in [1.54, 1.807) is 12.1 Å². The Balaban J connectivity index is 2.51. The van der Waals surface area contributed by atoms with Crippen LogP contribution >= 0.6 is 11.8 Å². The lowest BCUT2D eigenvalue weighted by atomic mass is 9.93. The number of nitro benzene ring substituents is 1. The van der Waals surface area contributed by atoms with Crippen LogP contribution in [0.4, 0.5) is 5.69 Å². The summed E-state index contributed by atoms with van der Waals surface area (Å²) in [7, 11) is 1.87. The first-order valence-corrected chi connectivity index (χ1v) is 7.90. The highest BCUT2D eigenvalue weighted by molar-refractivity contribution is 8.13. The summed E-state index contributed by atoms with van der Waals surface area (Å²) < 4.78 is 0. The van der Waals surface area contributed by atoms with Gasteiger partial charge in [-0.3, -0.25) is 14.9 Å². The smallest absolute Gasteiger partial charge is 0.269 e. The number of nitro groups is 1. The molecule has 1 heterocycles. The molecule has 1 atom stereocenters. The molecule has 1 aromatic rings. The normalized spacial score (nSPS) is 18.3. The zero-order valence-electron chi connectivity index (χ0n) is 12.9. The molecule has 1 aliphatic heterocycles. The first-order valence-electron chi connectivity index (χ1n) is 6.68. The van der Waals surface area contributed by atoms with Crippen molar-refractivity contribution in [3.63, 3.8) is 0 Å². The van der Waals surface area contributed by atoms with Crippen molar-refractivity contribution in [2.75, 3.05) is 13.3 Å². The van der Waals surface area contributed by atoms with Crippen molar-refractivity contribution in [1.29, 1.82) is 0 Å². The molecule has 0 bridgehead atoms. The molecule has 7 heteroatoms. The summed E-state index contributed by atoms with van der Waals surface area (Å²) in [5.74, 6) is -0.0448. The number of amidine groups is 1. The summed E-state index contributed by atoms with van der Waals surface area (Å²) >= 11 is 1.50. The maximum Gasteiger partial charge on any atom is 0.269 e. The molecule has 0 amide bonds. The number of allylic oxidation sites excluding steroid dienone is 1. The van der Waals surface area contributed by atoms with E-state index in [4.69, 9.17) is 0 Å². The molecule has 0 fully saturated rings. The predicted molar refractivity (Wildman–Crippen MR) is 87.9 cm³/mol. The van der Waals surface area contributed by atoms with E-state index in [9.17, 15) is 14.9 Å². The van der Waals surface area contributed by atoms with E-state index in [0.29, 0.717) is 5.57 Å². The van der Waals surface area contributed by atoms with Gasteiger partial charge in [-0.05, 0) is 37.8 Å². The van der Waals surface area contributed by atoms with Gasteiger partial charge in [0.15, 0.2) is 11.0 Å². The number of aliphatic imine (C=N–C) groups is 1. The fraction of sp³-hybridized carbons (Fsp3) is 0.333. The number of ketones is 1. The largest absolute Gasteiger partial charge is 0.328 e. The minimum atomic E-state index is -0.442. The molecule has 0 N–H and O–H groups in total. The van der Waals surface area contributed by atoms with E-state index in [-0.39, 0.29) is 11.5 Å². The number of hydrogen-bond donors (Lipinski definition) is 0. The van der Waals surface area contributed by atoms with Crippen LogP contribution < -0.4 is 0 Å². The number of non-ortho nitro benzene ring substituents is 1. The molecule has 0 saturated heterocycles. The summed E-state index contributed by atoms with van der Waals surface area (Å²) in [5.41, 5.74) is 2.27. The van der Waals surface area contributed by atoms with Gasteiger partial charge in [-0.25, -0.2) is 4.99 Å². The van der Waals surface area contributed by atoms with Crippen LogP contribution in [0.3, 0.4) is 0 Å². The van der Waals surface area contributed by atoms with Crippen molar-refractivity contribution in [3.8, 4) is 0 Å². The second-order valence-corrected chi connectivity index (χ2v) is 5.75. The predicted octanol–water partition coefficient (Wildman–Crippen LogP) is 3.16. The standard InChI is InChI=1S/C15H17N3O3S/c1-9-13(10(2)19)14(16-15(22-4)17(9)3)11-5-7-12(8-6-11)18(20)21/h5-8,14H,1-4H3/t14-/m0/s1. The van der Waals surface area contributed by atoms with Crippen LogP contribution in [0, 0.1) is 10.1 Å². The van der Waals surface area contributed by atoms with Gasteiger partial charge in [0.05, 0.1) is 4.92 Å². The SMILES string of the molecule is CSC1=N[C@@H](c2ccc([N+](=O)[O-])cc2)C(C(C)=O)=C(C)N1C. The maximum atomic E-state index is 12.0. The lowest BCUT2D eigenvalue weighted by molar-refractivity contribution is -0.384. The molecular formula is C15H17N3O3S. The fourth-order valence-corrected chi connectivity index (χ4v) is 3.06. The zero-order chi connectivity index (χ0) is 16.4. The molecule has 0 aromatic heterocycles. The number of carbonyl (C=O) groups is 1. The topological polar surface area (TPSA) is 75.8 Å². The molecule has 116 valence electrons. The van der Waals surface area contributed by atoms with Gasteiger partial charge in [-0.1, -0.05) is 11.8 Å². The summed E-state index contributed by atoms with van der Waals surface area (Å²) in [6.45, 7) is 3.41. The Morgan fingerprint density at radius 3 is 2.41 bits per heavy atom. The quantitative estimate of drug-likeness (QED) is 0.632. The number of hydrogen-bond acceptors (Lipinski definition) is 6. The molecule has 1 aromatic carbocycles. The van der Waals surface area contributed by atoms with Crippen LogP contribution in [0.25, 0.3) is 0 Å². The molecule has 0 radical (unpaired) electrons. The lowest BCUT2D eigenvalue weighted by Gasteiger charge is -2.31. The second-order valence-electron chi connectivity index (χ2n) is 4.98. The molecule has 0 spiro atoms. The van der Waals surface area contributed by atoms with Crippen molar-refractivity contribution in [2.24, 2.45) is 4.99 Å². The molecule has 2 rings (SSSR count). The van der Waals surface area contributed by atoms with Gasteiger partial charge in [0.1, 0.15) is 6.04 Å². The third kappa shape index (κ3) is 2.89. The van der Waals surface area contributed by atoms with Crippen LogP contribution in [-0.2, 0) is 4.79 Å². The van der Waals surface area contributed by atoms with E-state index in [2.05, 4.69) is 4.99 Å². The Morgan fingerprint density at radius 1 is 1.36 bits per heavy atom. The number of rotatable bonds is 3. The third-order valence-electron chi connectivity index (χ3n) is 3.67. The maximum absolute atomic E-state index is 12.0. The lowest BCUT2D eigenvalue weighted by Crippen LogP contribution is -2.31. The van der Waals surface area contributed by atoms with Gasteiger partial charge in [0.25, 0.3) is 5.69 Å². The average Bonchev–Trinajstić information content (AvgIpc) is 2.49. The first-order chi connectivity index (χ1) is 10.4. The van der Waals surface area contributed by atoms with Crippen molar-refractivity contribution in [1.82, 2.24) is 4.90 Å². The van der Waals surface area contributed by atoms with E-state index in [1.807, 2.05) is 25.1 Å². The summed E-state index contributed by atoms with van der Waals surface area (Å²) in [6, 6.07) is 5.78. The number of nitrogens with zero attached hydrogens (tertiary/aromatic N) is 3. The molecule has 0 aliphatic carbocycles. The Bertz CT molecular complexity index is 680. The summed E-state index contributed by atoms with van der Waals surface area (Å²) in [5, 5.41) is 11.6. The van der Waals surface area contributed by atoms with Gasteiger partial charge >= 0.3 is 0 Å². The molecule has 1 aliphatic rings. The Kier molecular flexibility index (Phi) is 4.65. The number of Topliss-reactive ketones (excluding diaryl/α,β-unsaturated/α-hetero) is 1. The number of thioether (sulfide) groups is 1. The third-order valence-corrected chi connectivity index (χ3v) is 4.42. The van der Waals surface area contributed by atoms with E-state index in [1.165, 1.54) is 30.8 Å². The van der Waals surface area contributed by atoms with Crippen molar-refractivity contribution in [2.45, 2.75) is 19.9 Å². The minimum Gasteiger partial charge on any atom is -0.328 e. The average molecular weight is 319 g/mol. The van der Waals surface area contributed by atoms with Gasteiger partial charge in [-0.2, -0.15) is 0 Å². The first kappa shape index (κ1) is 16.2. The monoisotopic (exact) mass is 319 g/mol. The van der Waals surface area contributed by atoms with Crippen LogP contribution in [0.2, 0.25) is 0 Å². The molecule has 0 saturated carbocycles. The second kappa shape index (κ2) is 6.31. The highest BCUT2D eigenvalue weighted by atomic mass is 32.2. The van der Waals surface area contributed by atoms with E-state index in [0.717, 1.165) is 16.4 Å². The van der Waals surface area contributed by atoms with Crippen LogP contribution in [0.5, 0.6) is 0 Å². The molecular weight excluding hydrogens is 302 g/mol. The van der Waals surface area contributed by atoms with Gasteiger partial charge in [0, 0.05) is 30.5 Å². The Labute approximate surface area is 133 Å². The molecule has 22 heavy (non-hydrogen) atoms. The molecule has 6 nitrogen and oxygen atoms in total. The Hall–Kier alpha value is -2.15. The fourth-order valence-electron chi connectivity index (χ4n) is 2.44. The number of carbonyl (C=O) groups excluding carboxylic acids is 1. The minimum absolute atomic E-state index is 0.0239. The van der Waals surface area contributed by atoms with Crippen molar-refractivity contribution >= 4 is 28.4 Å². The van der Waals surface area contributed by atoms with Gasteiger partial charge in [0.2, 0.25) is 0 Å². The van der Waals surface area contributed by atoms with Crippen LogP contribution in [0.1, 0.15) is 25.5 Å². The summed E-state index contributed by atoms with van der Waals surface area (Å²) in [6.07, 6.45) is 1.92. The number of benzene rings is 1. The highest BCUT2D eigenvalue weighted by Gasteiger charge is 2.29. The van der Waals surface area contributed by atoms with E-state index >= 15 is 0 Å². The summed E-state index contributed by atoms with van der Waals surface area (Å²) in [4.78, 5) is 28.9. The van der Waals surface area contributed by atoms with Crippen molar-refractivity contribution in [3.05, 3.63) is 51.2 Å². The van der Waals surface area contributed by atoms with E-state index < -0.39 is 11.0 Å². The van der Waals surface area contributed by atoms with Crippen LogP contribution in [0.15, 0.2) is 40.5 Å². The van der Waals surface area contributed by atoms with Crippen LogP contribution in [-0.4, -0.2) is 34.1 Å².